The van der Waals surface area contributed by atoms with Crippen molar-refractivity contribution in [2.75, 3.05) is 12.1 Å². The van der Waals surface area contributed by atoms with Crippen molar-refractivity contribution in [3.8, 4) is 11.5 Å². The average Bonchev–Trinajstić information content (AvgIpc) is 3.56. The van der Waals surface area contributed by atoms with E-state index in [1.54, 1.807) is 48.5 Å². The van der Waals surface area contributed by atoms with Gasteiger partial charge in [-0.25, -0.2) is 0 Å². The van der Waals surface area contributed by atoms with Crippen LogP contribution in [0.2, 0.25) is 5.02 Å². The van der Waals surface area contributed by atoms with Gasteiger partial charge < -0.3 is 29.4 Å². The Balaban J connectivity index is 0.00000294. The van der Waals surface area contributed by atoms with Gasteiger partial charge in [-0.05, 0) is 29.8 Å². The number of benzene rings is 3. The number of amides is 1. The van der Waals surface area contributed by atoms with Crippen LogP contribution in [-0.4, -0.2) is 35.8 Å². The van der Waals surface area contributed by atoms with Gasteiger partial charge in [-0.3, -0.25) is 14.4 Å². The Morgan fingerprint density at radius 2 is 1.55 bits per heavy atom. The molecule has 1 amide bonds. The van der Waals surface area contributed by atoms with E-state index in [4.69, 9.17) is 25.8 Å². The molecule has 1 aliphatic carbocycles. The number of halogens is 1. The van der Waals surface area contributed by atoms with E-state index in [-0.39, 0.29) is 47.5 Å². The molecular weight excluding hydrogens is 525 g/mol. The second-order valence-corrected chi connectivity index (χ2v) is 9.35. The minimum absolute atomic E-state index is 0. The molecule has 0 saturated carbocycles. The van der Waals surface area contributed by atoms with Gasteiger partial charge in [0.25, 0.3) is 0 Å². The van der Waals surface area contributed by atoms with Gasteiger partial charge in [0.2, 0.25) is 29.9 Å². The topological polar surface area (TPSA) is 131 Å². The average molecular weight is 542 g/mol. The number of fused-ring (bicyclic) bond motifs is 2. The van der Waals surface area contributed by atoms with Gasteiger partial charge in [-0.1, -0.05) is 48.0 Å². The molecule has 1 N–H and O–H groups in total. The Hall–Kier alpha value is -3.21. The zero-order valence-corrected chi connectivity index (χ0v) is 22.7. The Morgan fingerprint density at radius 3 is 2.18 bits per heavy atom. The zero-order chi connectivity index (χ0) is 25.9. The zero-order valence-electron chi connectivity index (χ0n) is 19.9. The number of Topliss-reactive ketones (excluding diaryl/α,β-unsaturated/α-hetero) is 2. The summed E-state index contributed by atoms with van der Waals surface area (Å²) in [6.45, 7) is 0.0297. The Labute approximate surface area is 243 Å². The third-order valence-corrected chi connectivity index (χ3v) is 7.17. The predicted molar refractivity (Wildman–Crippen MR) is 126 cm³/mol. The normalized spacial score (nSPS) is 22.2. The molecule has 1 unspecified atom stereocenters. The van der Waals surface area contributed by atoms with Gasteiger partial charge in [0.1, 0.15) is 0 Å². The number of carbonyl (C=O) groups excluding carboxylic acids is 4. The summed E-state index contributed by atoms with van der Waals surface area (Å²) >= 11 is 6.02. The van der Waals surface area contributed by atoms with E-state index < -0.39 is 47.0 Å². The SMILES string of the molecule is O=C(Nc1ccc2c(c1)OCO2)[C@H]1C(c2ccc(Cl)cc2)OC2(C(=O)c3ccccc3C2=O)[C@H]1C(=O)[O-].[Na+]. The van der Waals surface area contributed by atoms with E-state index in [0.717, 1.165) is 0 Å². The standard InChI is InChI=1S/C27H18ClNO8.Na/c28-14-7-5-13(6-8-14)22-20(25(32)29-15-9-10-18-19(11-15)36-12-35-18)21(26(33)34)27(37-22)23(30)16-3-1-2-4-17(16)24(27)31;/h1-11,20-22H,12H2,(H,29,32)(H,33,34);/q;+1/p-1/t20-,21-,22?;/m1./s1. The maximum Gasteiger partial charge on any atom is 1.00 e. The molecule has 1 saturated heterocycles. The fourth-order valence-electron chi connectivity index (χ4n) is 5.28. The van der Waals surface area contributed by atoms with Crippen LogP contribution in [0, 0.1) is 11.8 Å². The molecule has 3 aliphatic rings. The van der Waals surface area contributed by atoms with Crippen LogP contribution < -0.4 is 49.5 Å². The van der Waals surface area contributed by atoms with Crippen LogP contribution in [-0.2, 0) is 14.3 Å². The first-order valence-electron chi connectivity index (χ1n) is 11.3. The fraction of sp³-hybridized carbons (Fsp3) is 0.185. The summed E-state index contributed by atoms with van der Waals surface area (Å²) in [5.41, 5.74) is -1.72. The van der Waals surface area contributed by atoms with Crippen molar-refractivity contribution in [1.29, 1.82) is 0 Å². The van der Waals surface area contributed by atoms with Crippen LogP contribution in [0.5, 0.6) is 11.5 Å². The van der Waals surface area contributed by atoms with E-state index in [2.05, 4.69) is 5.32 Å². The molecular formula is C27H17ClNNaO8. The van der Waals surface area contributed by atoms with Crippen molar-refractivity contribution in [3.05, 3.63) is 88.4 Å². The summed E-state index contributed by atoms with van der Waals surface area (Å²) in [5, 5.41) is 15.7. The van der Waals surface area contributed by atoms with Gasteiger partial charge in [0, 0.05) is 33.9 Å². The molecule has 1 fully saturated rings. The van der Waals surface area contributed by atoms with E-state index in [0.29, 0.717) is 27.8 Å². The largest absolute Gasteiger partial charge is 1.00 e. The van der Waals surface area contributed by atoms with Crippen molar-refractivity contribution >= 4 is 40.7 Å². The molecule has 0 radical (unpaired) electrons. The Kier molecular flexibility index (Phi) is 6.83. The third-order valence-electron chi connectivity index (χ3n) is 6.92. The second-order valence-electron chi connectivity index (χ2n) is 8.91. The number of rotatable bonds is 4. The second kappa shape index (κ2) is 9.83. The number of hydrogen-bond acceptors (Lipinski definition) is 8. The summed E-state index contributed by atoms with van der Waals surface area (Å²) in [6, 6.07) is 16.8. The maximum atomic E-state index is 13.7. The van der Waals surface area contributed by atoms with Crippen LogP contribution in [0.15, 0.2) is 66.7 Å². The summed E-state index contributed by atoms with van der Waals surface area (Å²) in [7, 11) is 0. The minimum atomic E-state index is -2.45. The van der Waals surface area contributed by atoms with E-state index >= 15 is 0 Å². The predicted octanol–water partition coefficient (Wildman–Crippen LogP) is -0.417. The minimum Gasteiger partial charge on any atom is -0.550 e. The number of ketones is 2. The smallest absolute Gasteiger partial charge is 0.550 e. The van der Waals surface area contributed by atoms with Crippen molar-refractivity contribution in [3.63, 3.8) is 0 Å². The number of aliphatic carboxylic acids is 1. The third kappa shape index (κ3) is 3.93. The molecule has 3 atom stereocenters. The van der Waals surface area contributed by atoms with Gasteiger partial charge in [0.15, 0.2) is 11.5 Å². The van der Waals surface area contributed by atoms with Crippen LogP contribution in [0.1, 0.15) is 32.4 Å². The first-order chi connectivity index (χ1) is 17.8. The molecule has 38 heavy (non-hydrogen) atoms. The quantitative estimate of drug-likeness (QED) is 0.348. The summed E-state index contributed by atoms with van der Waals surface area (Å²) < 4.78 is 16.7. The summed E-state index contributed by atoms with van der Waals surface area (Å²) in [6.07, 6.45) is -1.27. The number of nitrogens with one attached hydrogen (secondary N) is 1. The molecule has 1 spiro atoms. The molecule has 3 aromatic carbocycles. The number of hydrogen-bond donors (Lipinski definition) is 1. The molecule has 186 valence electrons. The van der Waals surface area contributed by atoms with Crippen molar-refractivity contribution in [2.45, 2.75) is 11.7 Å². The van der Waals surface area contributed by atoms with Crippen LogP contribution in [0.3, 0.4) is 0 Å². The molecule has 6 rings (SSSR count). The number of carbonyl (C=O) groups is 4. The molecule has 0 bridgehead atoms. The Morgan fingerprint density at radius 1 is 0.921 bits per heavy atom. The van der Waals surface area contributed by atoms with Gasteiger partial charge in [-0.15, -0.1) is 0 Å². The molecule has 0 aromatic heterocycles. The van der Waals surface area contributed by atoms with E-state index in [1.165, 1.54) is 18.2 Å². The van der Waals surface area contributed by atoms with Gasteiger partial charge >= 0.3 is 29.6 Å². The van der Waals surface area contributed by atoms with Crippen molar-refractivity contribution in [1.82, 2.24) is 0 Å². The molecule has 9 nitrogen and oxygen atoms in total. The first-order valence-corrected chi connectivity index (χ1v) is 11.7. The monoisotopic (exact) mass is 541 g/mol. The van der Waals surface area contributed by atoms with Crippen molar-refractivity contribution in [2.24, 2.45) is 11.8 Å². The maximum absolute atomic E-state index is 13.7. The number of anilines is 1. The van der Waals surface area contributed by atoms with Crippen LogP contribution >= 0.6 is 11.6 Å². The van der Waals surface area contributed by atoms with Crippen LogP contribution in [0.4, 0.5) is 5.69 Å². The Bertz CT molecular complexity index is 1460. The number of carboxylic acid groups (broad SMARTS) is 1. The van der Waals surface area contributed by atoms with E-state index in [1.807, 2.05) is 0 Å². The van der Waals surface area contributed by atoms with Crippen LogP contribution in [0.25, 0.3) is 0 Å². The molecule has 2 aliphatic heterocycles. The number of ether oxygens (including phenoxy) is 3. The van der Waals surface area contributed by atoms with E-state index in [9.17, 15) is 24.3 Å². The fourth-order valence-corrected chi connectivity index (χ4v) is 5.40. The molecule has 11 heteroatoms. The van der Waals surface area contributed by atoms with Gasteiger partial charge in [-0.2, -0.15) is 0 Å². The molecule has 2 heterocycles. The summed E-state index contributed by atoms with van der Waals surface area (Å²) in [5.74, 6) is -6.68. The molecule has 3 aromatic rings. The van der Waals surface area contributed by atoms with Crippen molar-refractivity contribution < 1.29 is 68.1 Å². The van der Waals surface area contributed by atoms with Gasteiger partial charge in [0.05, 0.1) is 17.9 Å². The first kappa shape index (κ1) is 26.4. The number of carboxylic acids is 1. The summed E-state index contributed by atoms with van der Waals surface area (Å²) in [4.78, 5) is 53.5.